The molecule has 0 spiro atoms. The van der Waals surface area contributed by atoms with Crippen LogP contribution in [0.15, 0.2) is 42.4 Å². The van der Waals surface area contributed by atoms with E-state index >= 15 is 0 Å². The van der Waals surface area contributed by atoms with Crippen LogP contribution in [0.4, 0.5) is 5.95 Å². The maximum Gasteiger partial charge on any atom is 0.352 e. The Morgan fingerprint density at radius 3 is 2.79 bits per heavy atom. The van der Waals surface area contributed by atoms with Crippen molar-refractivity contribution in [3.63, 3.8) is 0 Å². The van der Waals surface area contributed by atoms with E-state index in [4.69, 9.17) is 16.7 Å². The molecule has 2 aromatic rings. The lowest BCUT2D eigenvalue weighted by molar-refractivity contribution is -0.132. The first kappa shape index (κ1) is 11.7. The number of carboxylic acid groups (broad SMARTS) is 1. The Hall–Kier alpha value is -2.34. The van der Waals surface area contributed by atoms with Crippen molar-refractivity contribution in [3.8, 4) is 0 Å². The van der Waals surface area contributed by atoms with Gasteiger partial charge in [-0.25, -0.2) is 9.48 Å². The summed E-state index contributed by atoms with van der Waals surface area (Å²) in [5.74, 6) is -0.631. The zero-order chi connectivity index (χ0) is 13.4. The summed E-state index contributed by atoms with van der Waals surface area (Å²) in [5.41, 5.74) is 0.969. The van der Waals surface area contributed by atoms with Crippen LogP contribution in [0.25, 0.3) is 0 Å². The quantitative estimate of drug-likeness (QED) is 0.876. The molecule has 1 aliphatic rings. The lowest BCUT2D eigenvalue weighted by Gasteiger charge is -2.22. The molecule has 2 heterocycles. The topological polar surface area (TPSA) is 80.0 Å². The van der Waals surface area contributed by atoms with Gasteiger partial charge < -0.3 is 10.4 Å². The fourth-order valence-electron chi connectivity index (χ4n) is 1.96. The third-order valence-electron chi connectivity index (χ3n) is 2.85. The molecular weight excluding hydrogens is 268 g/mol. The molecule has 3 rings (SSSR count). The van der Waals surface area contributed by atoms with Crippen molar-refractivity contribution in [3.05, 3.63) is 53.0 Å². The SMILES string of the molecule is O=C(O)C1=C[C@@H](c2ccc(Cl)cc2)n2ncnc2N1. The van der Waals surface area contributed by atoms with E-state index in [0.717, 1.165) is 5.56 Å². The number of benzene rings is 1. The van der Waals surface area contributed by atoms with Gasteiger partial charge >= 0.3 is 5.97 Å². The Morgan fingerprint density at radius 2 is 2.11 bits per heavy atom. The molecule has 0 saturated carbocycles. The van der Waals surface area contributed by atoms with E-state index in [9.17, 15) is 4.79 Å². The predicted molar refractivity (Wildman–Crippen MR) is 69.0 cm³/mol. The summed E-state index contributed by atoms with van der Waals surface area (Å²) in [5, 5.41) is 16.5. The zero-order valence-corrected chi connectivity index (χ0v) is 10.4. The summed E-state index contributed by atoms with van der Waals surface area (Å²) in [7, 11) is 0. The van der Waals surface area contributed by atoms with E-state index in [-0.39, 0.29) is 11.7 Å². The number of hydrogen-bond donors (Lipinski definition) is 2. The molecular formula is C12H9ClN4O2. The first-order valence-electron chi connectivity index (χ1n) is 5.52. The van der Waals surface area contributed by atoms with Crippen molar-refractivity contribution in [2.45, 2.75) is 6.04 Å². The third kappa shape index (κ3) is 2.06. The first-order chi connectivity index (χ1) is 9.15. The highest BCUT2D eigenvalue weighted by Gasteiger charge is 2.25. The minimum Gasteiger partial charge on any atom is -0.477 e. The molecule has 0 saturated heterocycles. The Bertz CT molecular complexity index is 663. The Morgan fingerprint density at radius 1 is 1.37 bits per heavy atom. The van der Waals surface area contributed by atoms with E-state index in [1.54, 1.807) is 22.9 Å². The molecule has 0 amide bonds. The molecule has 0 unspecified atom stereocenters. The molecule has 1 atom stereocenters. The average Bonchev–Trinajstić information content (AvgIpc) is 2.86. The second-order valence-electron chi connectivity index (χ2n) is 4.04. The highest BCUT2D eigenvalue weighted by atomic mass is 35.5. The summed E-state index contributed by atoms with van der Waals surface area (Å²) in [6, 6.07) is 6.86. The number of allylic oxidation sites excluding steroid dienone is 1. The molecule has 0 fully saturated rings. The fourth-order valence-corrected chi connectivity index (χ4v) is 2.08. The average molecular weight is 277 g/mol. The van der Waals surface area contributed by atoms with Gasteiger partial charge in [-0.1, -0.05) is 23.7 Å². The van der Waals surface area contributed by atoms with E-state index in [0.29, 0.717) is 11.0 Å². The van der Waals surface area contributed by atoms with Crippen LogP contribution in [0.3, 0.4) is 0 Å². The fraction of sp³-hybridized carbons (Fsp3) is 0.0833. The van der Waals surface area contributed by atoms with Gasteiger partial charge in [0.2, 0.25) is 5.95 Å². The van der Waals surface area contributed by atoms with Gasteiger partial charge in [0.15, 0.2) is 0 Å². The van der Waals surface area contributed by atoms with E-state index in [1.807, 2.05) is 12.1 Å². The Balaban J connectivity index is 2.09. The number of rotatable bonds is 2. The molecule has 1 aromatic carbocycles. The third-order valence-corrected chi connectivity index (χ3v) is 3.10. The lowest BCUT2D eigenvalue weighted by atomic mass is 10.0. The summed E-state index contributed by atoms with van der Waals surface area (Å²) >= 11 is 5.85. The number of nitrogens with one attached hydrogen (secondary N) is 1. The molecule has 19 heavy (non-hydrogen) atoms. The van der Waals surface area contributed by atoms with Crippen LogP contribution in [-0.2, 0) is 4.79 Å². The van der Waals surface area contributed by atoms with Gasteiger partial charge in [0.05, 0.1) is 0 Å². The van der Waals surface area contributed by atoms with Gasteiger partial charge in [-0.2, -0.15) is 10.1 Å². The number of carboxylic acids is 1. The molecule has 0 aliphatic carbocycles. The monoisotopic (exact) mass is 276 g/mol. The minimum absolute atomic E-state index is 0.0838. The van der Waals surface area contributed by atoms with Crippen LogP contribution in [0.2, 0.25) is 5.02 Å². The summed E-state index contributed by atoms with van der Waals surface area (Å²) in [6.07, 6.45) is 2.97. The number of carbonyl (C=O) groups is 1. The van der Waals surface area contributed by atoms with Crippen LogP contribution < -0.4 is 5.32 Å². The lowest BCUT2D eigenvalue weighted by Crippen LogP contribution is -2.24. The number of aromatic nitrogens is 3. The first-order valence-corrected chi connectivity index (χ1v) is 5.90. The molecule has 7 heteroatoms. The van der Waals surface area contributed by atoms with Crippen molar-refractivity contribution in [1.29, 1.82) is 0 Å². The van der Waals surface area contributed by atoms with Gasteiger partial charge in [-0.15, -0.1) is 0 Å². The number of nitrogens with zero attached hydrogens (tertiary/aromatic N) is 3. The zero-order valence-electron chi connectivity index (χ0n) is 9.62. The normalized spacial score (nSPS) is 17.3. The maximum absolute atomic E-state index is 11.1. The van der Waals surface area contributed by atoms with Crippen LogP contribution in [-0.4, -0.2) is 25.8 Å². The van der Waals surface area contributed by atoms with Gasteiger partial charge in [0, 0.05) is 5.02 Å². The van der Waals surface area contributed by atoms with Crippen LogP contribution in [0.5, 0.6) is 0 Å². The maximum atomic E-state index is 11.1. The van der Waals surface area contributed by atoms with Crippen LogP contribution in [0.1, 0.15) is 11.6 Å². The molecule has 6 nitrogen and oxygen atoms in total. The van der Waals surface area contributed by atoms with Crippen molar-refractivity contribution in [1.82, 2.24) is 14.8 Å². The predicted octanol–water partition coefficient (Wildman–Crippen LogP) is 1.91. The van der Waals surface area contributed by atoms with Gasteiger partial charge in [-0.05, 0) is 23.8 Å². The number of halogens is 1. The van der Waals surface area contributed by atoms with Gasteiger partial charge in [0.25, 0.3) is 0 Å². The second-order valence-corrected chi connectivity index (χ2v) is 4.47. The summed E-state index contributed by atoms with van der Waals surface area (Å²) in [6.45, 7) is 0. The van der Waals surface area contributed by atoms with Crippen molar-refractivity contribution >= 4 is 23.5 Å². The molecule has 0 radical (unpaired) electrons. The van der Waals surface area contributed by atoms with Crippen molar-refractivity contribution in [2.24, 2.45) is 0 Å². The van der Waals surface area contributed by atoms with Crippen LogP contribution in [0, 0.1) is 0 Å². The summed E-state index contributed by atoms with van der Waals surface area (Å²) in [4.78, 5) is 15.1. The van der Waals surface area contributed by atoms with Crippen molar-refractivity contribution < 1.29 is 9.90 Å². The van der Waals surface area contributed by atoms with E-state index < -0.39 is 5.97 Å². The van der Waals surface area contributed by atoms with Gasteiger partial charge in [-0.3, -0.25) is 0 Å². The Labute approximate surface area is 113 Å². The number of hydrogen-bond acceptors (Lipinski definition) is 4. The number of aliphatic carboxylic acids is 1. The van der Waals surface area contributed by atoms with Crippen molar-refractivity contribution in [2.75, 3.05) is 5.32 Å². The molecule has 1 aromatic heterocycles. The van der Waals surface area contributed by atoms with E-state index in [2.05, 4.69) is 15.4 Å². The van der Waals surface area contributed by atoms with Crippen LogP contribution >= 0.6 is 11.6 Å². The summed E-state index contributed by atoms with van der Waals surface area (Å²) < 4.78 is 1.62. The largest absolute Gasteiger partial charge is 0.477 e. The molecule has 2 N–H and O–H groups in total. The molecule has 96 valence electrons. The Kier molecular flexibility index (Phi) is 2.72. The standard InChI is InChI=1S/C12H9ClN4O2/c13-8-3-1-7(2-4-8)10-5-9(11(18)19)16-12-14-6-15-17(10)12/h1-6,10H,(H,18,19)(H,14,15,16)/t10-/m0/s1. The highest BCUT2D eigenvalue weighted by molar-refractivity contribution is 6.30. The number of anilines is 1. The molecule has 1 aliphatic heterocycles. The molecule has 0 bridgehead atoms. The van der Waals surface area contributed by atoms with Gasteiger partial charge in [0.1, 0.15) is 18.1 Å². The second kappa shape index (κ2) is 4.40. The highest BCUT2D eigenvalue weighted by Crippen LogP contribution is 2.28. The smallest absolute Gasteiger partial charge is 0.352 e. The van der Waals surface area contributed by atoms with E-state index in [1.165, 1.54) is 6.33 Å². The number of fused-ring (bicyclic) bond motifs is 1. The minimum atomic E-state index is -1.03.